The van der Waals surface area contributed by atoms with E-state index in [9.17, 15) is 9.90 Å². The predicted molar refractivity (Wildman–Crippen MR) is 91.3 cm³/mol. The maximum Gasteiger partial charge on any atom is 0.271 e. The quantitative estimate of drug-likeness (QED) is 0.781. The third-order valence-corrected chi connectivity index (χ3v) is 4.37. The number of nitrogens with zero attached hydrogens (tertiary/aromatic N) is 2. The van der Waals surface area contributed by atoms with Crippen molar-refractivity contribution in [3.05, 3.63) is 57.5 Å². The summed E-state index contributed by atoms with van der Waals surface area (Å²) >= 11 is 1.36. The Labute approximate surface area is 137 Å². The van der Waals surface area contributed by atoms with Crippen LogP contribution < -0.4 is 10.3 Å². The van der Waals surface area contributed by atoms with E-state index in [1.807, 2.05) is 37.4 Å². The Morgan fingerprint density at radius 2 is 2.04 bits per heavy atom. The smallest absolute Gasteiger partial charge is 0.271 e. The summed E-state index contributed by atoms with van der Waals surface area (Å²) in [6.07, 6.45) is 0.685. The first kappa shape index (κ1) is 15.7. The van der Waals surface area contributed by atoms with Crippen molar-refractivity contribution in [1.82, 2.24) is 9.55 Å². The molecule has 0 amide bonds. The summed E-state index contributed by atoms with van der Waals surface area (Å²) in [7, 11) is 0. The number of hydrogen-bond acceptors (Lipinski definition) is 5. The molecule has 1 aromatic carbocycles. The van der Waals surface area contributed by atoms with Gasteiger partial charge in [0.05, 0.1) is 18.4 Å². The molecule has 3 rings (SSSR count). The molecule has 0 aliphatic carbocycles. The summed E-state index contributed by atoms with van der Waals surface area (Å²) in [4.78, 5) is 16.5. The van der Waals surface area contributed by atoms with Crippen molar-refractivity contribution in [2.24, 2.45) is 0 Å². The van der Waals surface area contributed by atoms with Gasteiger partial charge in [0.1, 0.15) is 23.2 Å². The lowest BCUT2D eigenvalue weighted by Gasteiger charge is -2.14. The second-order valence-electron chi connectivity index (χ2n) is 5.63. The summed E-state index contributed by atoms with van der Waals surface area (Å²) in [5.41, 5.74) is 2.78. The number of benzene rings is 1. The zero-order chi connectivity index (χ0) is 16.4. The highest BCUT2D eigenvalue weighted by molar-refractivity contribution is 7.17. The van der Waals surface area contributed by atoms with Gasteiger partial charge in [0.25, 0.3) is 5.56 Å². The molecule has 6 heteroatoms. The van der Waals surface area contributed by atoms with Gasteiger partial charge in [-0.2, -0.15) is 0 Å². The fourth-order valence-corrected chi connectivity index (χ4v) is 3.29. The van der Waals surface area contributed by atoms with Crippen LogP contribution in [0.1, 0.15) is 11.1 Å². The molecule has 0 saturated carbocycles. The number of fused-ring (bicyclic) bond motifs is 1. The lowest BCUT2D eigenvalue weighted by molar-refractivity contribution is 0.0914. The summed E-state index contributed by atoms with van der Waals surface area (Å²) in [5.74, 6) is 0.723. The van der Waals surface area contributed by atoms with Crippen molar-refractivity contribution >= 4 is 21.6 Å². The Morgan fingerprint density at radius 3 is 2.78 bits per heavy atom. The number of thiophene rings is 1. The van der Waals surface area contributed by atoms with Gasteiger partial charge in [-0.1, -0.05) is 6.07 Å². The highest BCUT2D eigenvalue weighted by Crippen LogP contribution is 2.17. The van der Waals surface area contributed by atoms with Gasteiger partial charge in [0, 0.05) is 0 Å². The lowest BCUT2D eigenvalue weighted by atomic mass is 10.1. The van der Waals surface area contributed by atoms with Crippen LogP contribution in [-0.2, 0) is 6.54 Å². The van der Waals surface area contributed by atoms with E-state index in [1.165, 1.54) is 22.2 Å². The predicted octanol–water partition coefficient (Wildman–Crippen LogP) is 2.51. The molecular weight excluding hydrogens is 312 g/mol. The topological polar surface area (TPSA) is 64.3 Å². The van der Waals surface area contributed by atoms with Crippen LogP contribution in [0.5, 0.6) is 5.75 Å². The zero-order valence-corrected chi connectivity index (χ0v) is 13.8. The molecule has 0 spiro atoms. The van der Waals surface area contributed by atoms with Crippen LogP contribution in [0, 0.1) is 13.8 Å². The zero-order valence-electron chi connectivity index (χ0n) is 13.0. The van der Waals surface area contributed by atoms with E-state index < -0.39 is 6.10 Å². The molecule has 1 unspecified atom stereocenters. The molecule has 0 aliphatic rings. The number of aromatic nitrogens is 2. The van der Waals surface area contributed by atoms with Crippen molar-refractivity contribution in [2.45, 2.75) is 26.5 Å². The van der Waals surface area contributed by atoms with E-state index in [-0.39, 0.29) is 18.7 Å². The van der Waals surface area contributed by atoms with E-state index in [4.69, 9.17) is 4.74 Å². The van der Waals surface area contributed by atoms with Gasteiger partial charge in [0.15, 0.2) is 0 Å². The van der Waals surface area contributed by atoms with Gasteiger partial charge in [-0.15, -0.1) is 11.3 Å². The van der Waals surface area contributed by atoms with Gasteiger partial charge in [-0.25, -0.2) is 4.98 Å². The van der Waals surface area contributed by atoms with Crippen LogP contribution in [-0.4, -0.2) is 27.4 Å². The van der Waals surface area contributed by atoms with Crippen LogP contribution >= 0.6 is 11.3 Å². The molecular formula is C17H18N2O3S. The molecule has 120 valence electrons. The molecule has 2 aromatic heterocycles. The van der Waals surface area contributed by atoms with E-state index >= 15 is 0 Å². The van der Waals surface area contributed by atoms with Crippen molar-refractivity contribution in [1.29, 1.82) is 0 Å². The fourth-order valence-electron chi connectivity index (χ4n) is 2.50. The Balaban J connectivity index is 1.67. The van der Waals surface area contributed by atoms with Crippen molar-refractivity contribution in [3.8, 4) is 5.75 Å². The minimum Gasteiger partial charge on any atom is -0.491 e. The highest BCUT2D eigenvalue weighted by Gasteiger charge is 2.11. The standard InChI is InChI=1S/C17H18N2O3S/c1-11-5-12(2)7-14(6-11)22-9-13(20)8-19-10-18-15-3-4-23-16(15)17(19)21/h3-7,10,13,20H,8-9H2,1-2H3. The Morgan fingerprint density at radius 1 is 1.30 bits per heavy atom. The largest absolute Gasteiger partial charge is 0.491 e. The lowest BCUT2D eigenvalue weighted by Crippen LogP contribution is -2.30. The van der Waals surface area contributed by atoms with Crippen LogP contribution in [0.3, 0.4) is 0 Å². The summed E-state index contributed by atoms with van der Waals surface area (Å²) in [6.45, 7) is 4.28. The number of aliphatic hydroxyl groups is 1. The van der Waals surface area contributed by atoms with Gasteiger partial charge in [-0.3, -0.25) is 9.36 Å². The molecule has 5 nitrogen and oxygen atoms in total. The first-order valence-electron chi connectivity index (χ1n) is 7.35. The Kier molecular flexibility index (Phi) is 4.45. The molecule has 0 fully saturated rings. The van der Waals surface area contributed by atoms with E-state index in [0.717, 1.165) is 16.9 Å². The summed E-state index contributed by atoms with van der Waals surface area (Å²) in [5, 5.41) is 12.0. The molecule has 0 bridgehead atoms. The summed E-state index contributed by atoms with van der Waals surface area (Å²) in [6, 6.07) is 7.71. The molecule has 0 saturated heterocycles. The third-order valence-electron chi connectivity index (χ3n) is 3.48. The molecule has 0 aliphatic heterocycles. The first-order valence-corrected chi connectivity index (χ1v) is 8.22. The molecule has 2 heterocycles. The maximum absolute atomic E-state index is 12.3. The normalized spacial score (nSPS) is 12.5. The van der Waals surface area contributed by atoms with Crippen molar-refractivity contribution in [2.75, 3.05) is 6.61 Å². The number of hydrogen-bond donors (Lipinski definition) is 1. The van der Waals surface area contributed by atoms with E-state index in [2.05, 4.69) is 11.1 Å². The van der Waals surface area contributed by atoms with E-state index in [0.29, 0.717) is 10.2 Å². The molecule has 0 radical (unpaired) electrons. The van der Waals surface area contributed by atoms with Gasteiger partial charge in [-0.05, 0) is 48.6 Å². The van der Waals surface area contributed by atoms with Crippen LogP contribution in [0.25, 0.3) is 10.2 Å². The highest BCUT2D eigenvalue weighted by atomic mass is 32.1. The average molecular weight is 330 g/mol. The minimum atomic E-state index is -0.785. The summed E-state index contributed by atoms with van der Waals surface area (Å²) < 4.78 is 7.66. The second kappa shape index (κ2) is 6.52. The average Bonchev–Trinajstić information content (AvgIpc) is 2.96. The van der Waals surface area contributed by atoms with Crippen molar-refractivity contribution < 1.29 is 9.84 Å². The molecule has 3 aromatic rings. The number of aliphatic hydroxyl groups excluding tert-OH is 1. The van der Waals surface area contributed by atoms with Crippen molar-refractivity contribution in [3.63, 3.8) is 0 Å². The molecule has 1 atom stereocenters. The molecule has 1 N–H and O–H groups in total. The minimum absolute atomic E-state index is 0.123. The van der Waals surface area contributed by atoms with Crippen LogP contribution in [0.2, 0.25) is 0 Å². The third kappa shape index (κ3) is 3.60. The fraction of sp³-hybridized carbons (Fsp3) is 0.294. The Bertz CT molecular complexity index is 865. The number of ether oxygens (including phenoxy) is 1. The van der Waals surface area contributed by atoms with Gasteiger partial charge < -0.3 is 9.84 Å². The number of aryl methyl sites for hydroxylation is 2. The number of rotatable bonds is 5. The van der Waals surface area contributed by atoms with Crippen LogP contribution in [0.15, 0.2) is 40.8 Å². The van der Waals surface area contributed by atoms with Gasteiger partial charge >= 0.3 is 0 Å². The molecule has 23 heavy (non-hydrogen) atoms. The second-order valence-corrected chi connectivity index (χ2v) is 6.54. The van der Waals surface area contributed by atoms with Crippen LogP contribution in [0.4, 0.5) is 0 Å². The maximum atomic E-state index is 12.3. The van der Waals surface area contributed by atoms with E-state index in [1.54, 1.807) is 0 Å². The Hall–Kier alpha value is -2.18. The van der Waals surface area contributed by atoms with Gasteiger partial charge in [0.2, 0.25) is 0 Å². The first-order chi connectivity index (χ1) is 11.0. The SMILES string of the molecule is Cc1cc(C)cc(OCC(O)Cn2cnc3ccsc3c2=O)c1. The monoisotopic (exact) mass is 330 g/mol.